The summed E-state index contributed by atoms with van der Waals surface area (Å²) in [5, 5.41) is 6.33. The molecule has 0 spiro atoms. The quantitative estimate of drug-likeness (QED) is 0.208. The van der Waals surface area contributed by atoms with Crippen LogP contribution in [-0.2, 0) is 0 Å². The van der Waals surface area contributed by atoms with E-state index in [1.807, 2.05) is 48.5 Å². The molecule has 0 fully saturated rings. The van der Waals surface area contributed by atoms with Crippen molar-refractivity contribution in [3.63, 3.8) is 0 Å². The molecular formula is C20H13Br2N3O2S2. The van der Waals surface area contributed by atoms with Crippen molar-refractivity contribution in [2.45, 2.75) is 0 Å². The van der Waals surface area contributed by atoms with Gasteiger partial charge < -0.3 is 4.74 Å². The van der Waals surface area contributed by atoms with Crippen LogP contribution < -0.4 is 9.75 Å². The summed E-state index contributed by atoms with van der Waals surface area (Å²) in [6.45, 7) is 0. The second-order valence-electron chi connectivity index (χ2n) is 5.85. The Labute approximate surface area is 191 Å². The van der Waals surface area contributed by atoms with Gasteiger partial charge in [-0.25, -0.2) is 4.98 Å². The number of methoxy groups -OCH3 is 1. The number of halogens is 2. The Morgan fingerprint density at radius 2 is 1.90 bits per heavy atom. The number of ether oxygens (including phenoxy) is 1. The van der Waals surface area contributed by atoms with Gasteiger partial charge in [-0.15, -0.1) is 11.3 Å². The van der Waals surface area contributed by atoms with Crippen LogP contribution in [0.1, 0.15) is 15.2 Å². The number of thiazole rings is 1. The number of amides is 1. The SMILES string of the molecule is COc1ccc(/C=N/N(C(=O)c2ccc(Br)s2)c2nc3ccc(Br)cc3s2)cc1. The van der Waals surface area contributed by atoms with Gasteiger partial charge in [0.1, 0.15) is 5.75 Å². The first-order valence-corrected chi connectivity index (χ1v) is 11.6. The minimum atomic E-state index is -0.233. The number of nitrogens with zero attached hydrogens (tertiary/aromatic N) is 3. The molecule has 0 unspecified atom stereocenters. The van der Waals surface area contributed by atoms with Gasteiger partial charge in [-0.2, -0.15) is 10.1 Å². The minimum absolute atomic E-state index is 0.233. The minimum Gasteiger partial charge on any atom is -0.497 e. The Kier molecular flexibility index (Phi) is 6.09. The molecule has 4 rings (SSSR count). The number of thiophene rings is 1. The van der Waals surface area contributed by atoms with E-state index in [9.17, 15) is 4.79 Å². The molecule has 29 heavy (non-hydrogen) atoms. The fourth-order valence-electron chi connectivity index (χ4n) is 2.51. The first-order chi connectivity index (χ1) is 14.0. The molecule has 0 aliphatic heterocycles. The van der Waals surface area contributed by atoms with Crippen LogP contribution in [0.4, 0.5) is 5.13 Å². The van der Waals surface area contributed by atoms with E-state index in [4.69, 9.17) is 4.74 Å². The maximum atomic E-state index is 13.2. The van der Waals surface area contributed by atoms with Crippen molar-refractivity contribution in [3.8, 4) is 5.75 Å². The smallest absolute Gasteiger partial charge is 0.290 e. The summed E-state index contributed by atoms with van der Waals surface area (Å²) in [6, 6.07) is 16.9. The van der Waals surface area contributed by atoms with Crippen LogP contribution in [0.3, 0.4) is 0 Å². The van der Waals surface area contributed by atoms with Crippen LogP contribution in [0.15, 0.2) is 68.0 Å². The van der Waals surface area contributed by atoms with E-state index in [2.05, 4.69) is 41.9 Å². The molecule has 5 nitrogen and oxygen atoms in total. The Morgan fingerprint density at radius 3 is 2.59 bits per heavy atom. The fourth-order valence-corrected chi connectivity index (χ4v) is 5.30. The number of carbonyl (C=O) groups excluding carboxylic acids is 1. The summed E-state index contributed by atoms with van der Waals surface area (Å²) >= 11 is 9.66. The van der Waals surface area contributed by atoms with E-state index < -0.39 is 0 Å². The van der Waals surface area contributed by atoms with E-state index >= 15 is 0 Å². The molecule has 0 aliphatic rings. The van der Waals surface area contributed by atoms with Crippen molar-refractivity contribution in [2.75, 3.05) is 12.1 Å². The first kappa shape index (κ1) is 20.2. The van der Waals surface area contributed by atoms with Gasteiger partial charge in [0.05, 0.1) is 32.2 Å². The highest BCUT2D eigenvalue weighted by Gasteiger charge is 2.22. The summed E-state index contributed by atoms with van der Waals surface area (Å²) in [6.07, 6.45) is 1.64. The lowest BCUT2D eigenvalue weighted by atomic mass is 10.2. The summed E-state index contributed by atoms with van der Waals surface area (Å²) in [7, 11) is 1.62. The predicted molar refractivity (Wildman–Crippen MR) is 127 cm³/mol. The van der Waals surface area contributed by atoms with E-state index in [1.165, 1.54) is 27.7 Å². The normalized spacial score (nSPS) is 11.3. The molecular weight excluding hydrogens is 538 g/mol. The third kappa shape index (κ3) is 4.58. The lowest BCUT2D eigenvalue weighted by Gasteiger charge is -2.12. The van der Waals surface area contributed by atoms with Gasteiger partial charge in [0.2, 0.25) is 5.13 Å². The third-order valence-corrected chi connectivity index (χ3v) is 7.03. The van der Waals surface area contributed by atoms with Gasteiger partial charge in [0.25, 0.3) is 5.91 Å². The largest absolute Gasteiger partial charge is 0.497 e. The summed E-state index contributed by atoms with van der Waals surface area (Å²) in [5.74, 6) is 0.527. The van der Waals surface area contributed by atoms with Crippen LogP contribution >= 0.6 is 54.5 Å². The maximum Gasteiger partial charge on any atom is 0.290 e. The van der Waals surface area contributed by atoms with Gasteiger partial charge in [-0.1, -0.05) is 27.3 Å². The van der Waals surface area contributed by atoms with Crippen LogP contribution in [-0.4, -0.2) is 24.2 Å². The molecule has 146 valence electrons. The van der Waals surface area contributed by atoms with E-state index in [-0.39, 0.29) is 5.91 Å². The molecule has 0 saturated carbocycles. The molecule has 1 amide bonds. The van der Waals surface area contributed by atoms with Gasteiger partial charge in [-0.05, 0) is 76.1 Å². The van der Waals surface area contributed by atoms with E-state index in [0.717, 1.165) is 29.8 Å². The summed E-state index contributed by atoms with van der Waals surface area (Å²) < 4.78 is 8.00. The van der Waals surface area contributed by atoms with Crippen molar-refractivity contribution >= 4 is 82.0 Å². The van der Waals surface area contributed by atoms with Crippen molar-refractivity contribution in [1.29, 1.82) is 0 Å². The Balaban J connectivity index is 1.72. The third-order valence-electron chi connectivity index (χ3n) is 3.93. The number of anilines is 1. The van der Waals surface area contributed by atoms with Crippen molar-refractivity contribution < 1.29 is 9.53 Å². The number of hydrogen-bond donors (Lipinski definition) is 0. The molecule has 0 saturated heterocycles. The molecule has 0 atom stereocenters. The molecule has 0 N–H and O–H groups in total. The van der Waals surface area contributed by atoms with Gasteiger partial charge in [0.15, 0.2) is 0 Å². The lowest BCUT2D eigenvalue weighted by Crippen LogP contribution is -2.24. The Bertz CT molecular complexity index is 1200. The Morgan fingerprint density at radius 1 is 1.10 bits per heavy atom. The lowest BCUT2D eigenvalue weighted by molar-refractivity contribution is 0.0991. The van der Waals surface area contributed by atoms with Gasteiger partial charge in [0, 0.05) is 4.47 Å². The zero-order valence-corrected chi connectivity index (χ0v) is 19.8. The molecule has 0 radical (unpaired) electrons. The van der Waals surface area contributed by atoms with Gasteiger partial charge in [-0.3, -0.25) is 4.79 Å². The second kappa shape index (κ2) is 8.74. The van der Waals surface area contributed by atoms with Crippen molar-refractivity contribution in [2.24, 2.45) is 5.10 Å². The number of fused-ring (bicyclic) bond motifs is 1. The van der Waals surface area contributed by atoms with E-state index in [1.54, 1.807) is 19.4 Å². The molecule has 0 aliphatic carbocycles. The van der Waals surface area contributed by atoms with Crippen LogP contribution in [0.2, 0.25) is 0 Å². The highest BCUT2D eigenvalue weighted by Crippen LogP contribution is 2.33. The molecule has 2 aromatic carbocycles. The zero-order valence-electron chi connectivity index (χ0n) is 15.0. The number of hydrazone groups is 1. The molecule has 2 aromatic heterocycles. The Hall–Kier alpha value is -2.07. The average molecular weight is 551 g/mol. The topological polar surface area (TPSA) is 54.8 Å². The maximum absolute atomic E-state index is 13.2. The molecule has 4 aromatic rings. The number of benzene rings is 2. The number of carbonyl (C=O) groups is 1. The fraction of sp³-hybridized carbons (Fsp3) is 0.0500. The van der Waals surface area contributed by atoms with Crippen LogP contribution in [0, 0.1) is 0 Å². The zero-order chi connectivity index (χ0) is 20.4. The molecule has 0 bridgehead atoms. The van der Waals surface area contributed by atoms with Gasteiger partial charge >= 0.3 is 0 Å². The number of hydrogen-bond acceptors (Lipinski definition) is 6. The molecule has 2 heterocycles. The van der Waals surface area contributed by atoms with Crippen LogP contribution in [0.25, 0.3) is 10.2 Å². The standard InChI is InChI=1S/C20H13Br2N3O2S2/c1-27-14-5-2-12(3-6-14)11-23-25(19(26)16-8-9-18(22)28-16)20-24-15-7-4-13(21)10-17(15)29-20/h2-11H,1H3/b23-11+. The summed E-state index contributed by atoms with van der Waals surface area (Å²) in [4.78, 5) is 18.3. The number of aromatic nitrogens is 1. The summed E-state index contributed by atoms with van der Waals surface area (Å²) in [5.41, 5.74) is 1.66. The average Bonchev–Trinajstić information content (AvgIpc) is 3.34. The highest BCUT2D eigenvalue weighted by molar-refractivity contribution is 9.11. The second-order valence-corrected chi connectivity index (χ2v) is 10.2. The van der Waals surface area contributed by atoms with Crippen molar-refractivity contribution in [1.82, 2.24) is 4.98 Å². The van der Waals surface area contributed by atoms with Crippen molar-refractivity contribution in [3.05, 3.63) is 73.3 Å². The number of rotatable bonds is 5. The first-order valence-electron chi connectivity index (χ1n) is 8.37. The van der Waals surface area contributed by atoms with Crippen LogP contribution in [0.5, 0.6) is 5.75 Å². The monoisotopic (exact) mass is 549 g/mol. The highest BCUT2D eigenvalue weighted by atomic mass is 79.9. The predicted octanol–water partition coefficient (Wildman–Crippen LogP) is 6.57. The van der Waals surface area contributed by atoms with E-state index in [0.29, 0.717) is 10.0 Å². The molecule has 9 heteroatoms.